The summed E-state index contributed by atoms with van der Waals surface area (Å²) in [7, 11) is -3.33. The van der Waals surface area contributed by atoms with Gasteiger partial charge in [-0.1, -0.05) is 30.3 Å². The molecule has 6 heteroatoms. The molecule has 21 heavy (non-hydrogen) atoms. The van der Waals surface area contributed by atoms with Crippen molar-refractivity contribution >= 4 is 21.4 Å². The summed E-state index contributed by atoms with van der Waals surface area (Å²) in [5.41, 5.74) is 7.29. The summed E-state index contributed by atoms with van der Waals surface area (Å²) in [6.07, 6.45) is 0.711. The fourth-order valence-corrected chi connectivity index (χ4v) is 4.36. The molecule has 4 nitrogen and oxygen atoms in total. The number of benzene rings is 1. The maximum atomic E-state index is 12.2. The molecule has 0 saturated carbocycles. The summed E-state index contributed by atoms with van der Waals surface area (Å²) in [4.78, 5) is 1.18. The molecule has 114 valence electrons. The van der Waals surface area contributed by atoms with E-state index in [1.54, 1.807) is 11.3 Å². The molecule has 1 atom stereocenters. The molecule has 1 heterocycles. The van der Waals surface area contributed by atoms with Gasteiger partial charge in [-0.15, -0.1) is 11.3 Å². The van der Waals surface area contributed by atoms with Crippen LogP contribution < -0.4 is 10.5 Å². The number of hydrogen-bond acceptors (Lipinski definition) is 4. The molecular formula is C15H20N2O2S2. The second-order valence-electron chi connectivity index (χ2n) is 5.08. The van der Waals surface area contributed by atoms with Crippen molar-refractivity contribution in [1.29, 1.82) is 0 Å². The average molecular weight is 324 g/mol. The summed E-state index contributed by atoms with van der Waals surface area (Å²) < 4.78 is 27.0. The molecule has 0 amide bonds. The topological polar surface area (TPSA) is 72.2 Å². The first-order valence-electron chi connectivity index (χ1n) is 6.79. The lowest BCUT2D eigenvalue weighted by molar-refractivity contribution is 0.560. The number of rotatable bonds is 7. The van der Waals surface area contributed by atoms with Crippen LogP contribution in [0.25, 0.3) is 0 Å². The van der Waals surface area contributed by atoms with Crippen LogP contribution in [0, 0.1) is 0 Å². The second kappa shape index (κ2) is 7.17. The van der Waals surface area contributed by atoms with E-state index in [2.05, 4.69) is 4.72 Å². The van der Waals surface area contributed by atoms with Gasteiger partial charge in [0.25, 0.3) is 0 Å². The highest BCUT2D eigenvalue weighted by atomic mass is 32.2. The van der Waals surface area contributed by atoms with Crippen LogP contribution in [0.2, 0.25) is 0 Å². The predicted octanol–water partition coefficient (Wildman–Crippen LogP) is 2.26. The third kappa shape index (κ3) is 5.24. The SMILES string of the molecule is CC(Cc1cccs1)NS(=O)(=O)Cc1ccc(CN)cc1. The highest BCUT2D eigenvalue weighted by molar-refractivity contribution is 7.88. The maximum absolute atomic E-state index is 12.2. The first kappa shape index (κ1) is 16.2. The van der Waals surface area contributed by atoms with Crippen molar-refractivity contribution in [3.05, 3.63) is 57.8 Å². The lowest BCUT2D eigenvalue weighted by atomic mass is 10.1. The summed E-state index contributed by atoms with van der Waals surface area (Å²) >= 11 is 1.64. The van der Waals surface area contributed by atoms with E-state index in [1.807, 2.05) is 48.7 Å². The fourth-order valence-electron chi connectivity index (χ4n) is 2.11. The van der Waals surface area contributed by atoms with E-state index in [0.29, 0.717) is 13.0 Å². The van der Waals surface area contributed by atoms with E-state index in [9.17, 15) is 8.42 Å². The van der Waals surface area contributed by atoms with Crippen LogP contribution in [0.3, 0.4) is 0 Å². The molecule has 0 aliphatic carbocycles. The minimum atomic E-state index is -3.33. The Hall–Kier alpha value is -1.21. The number of thiophene rings is 1. The van der Waals surface area contributed by atoms with Crippen molar-refractivity contribution < 1.29 is 8.42 Å². The van der Waals surface area contributed by atoms with Crippen LogP contribution in [0.4, 0.5) is 0 Å². The molecule has 1 aromatic carbocycles. The van der Waals surface area contributed by atoms with Crippen LogP contribution >= 0.6 is 11.3 Å². The van der Waals surface area contributed by atoms with Crippen molar-refractivity contribution in [2.24, 2.45) is 5.73 Å². The molecular weight excluding hydrogens is 304 g/mol. The van der Waals surface area contributed by atoms with E-state index in [1.165, 1.54) is 4.88 Å². The quantitative estimate of drug-likeness (QED) is 0.820. The van der Waals surface area contributed by atoms with E-state index in [0.717, 1.165) is 11.1 Å². The zero-order valence-electron chi connectivity index (χ0n) is 12.0. The highest BCUT2D eigenvalue weighted by Gasteiger charge is 2.16. The van der Waals surface area contributed by atoms with Gasteiger partial charge in [-0.3, -0.25) is 0 Å². The van der Waals surface area contributed by atoms with Crippen LogP contribution in [-0.2, 0) is 28.7 Å². The Morgan fingerprint density at radius 1 is 1.19 bits per heavy atom. The first-order chi connectivity index (χ1) is 9.98. The van der Waals surface area contributed by atoms with E-state index < -0.39 is 10.0 Å². The van der Waals surface area contributed by atoms with Crippen LogP contribution in [-0.4, -0.2) is 14.5 Å². The number of nitrogens with one attached hydrogen (secondary N) is 1. The number of sulfonamides is 1. The van der Waals surface area contributed by atoms with Crippen molar-refractivity contribution in [1.82, 2.24) is 4.72 Å². The molecule has 1 aromatic heterocycles. The third-order valence-electron chi connectivity index (χ3n) is 3.08. The average Bonchev–Trinajstić information content (AvgIpc) is 2.91. The molecule has 3 N–H and O–H groups in total. The van der Waals surface area contributed by atoms with Gasteiger partial charge in [0.15, 0.2) is 0 Å². The summed E-state index contributed by atoms with van der Waals surface area (Å²) in [6, 6.07) is 11.2. The normalized spacial score (nSPS) is 13.2. The molecule has 0 saturated heterocycles. The van der Waals surface area contributed by atoms with Crippen LogP contribution in [0.5, 0.6) is 0 Å². The van der Waals surface area contributed by atoms with E-state index in [4.69, 9.17) is 5.73 Å². The minimum absolute atomic E-state index is 0.00731. The molecule has 0 radical (unpaired) electrons. The lowest BCUT2D eigenvalue weighted by Gasteiger charge is -2.13. The van der Waals surface area contributed by atoms with Crippen molar-refractivity contribution in [3.63, 3.8) is 0 Å². The first-order valence-corrected chi connectivity index (χ1v) is 9.32. The smallest absolute Gasteiger partial charge is 0.216 e. The van der Waals surface area contributed by atoms with Crippen molar-refractivity contribution in [3.8, 4) is 0 Å². The van der Waals surface area contributed by atoms with Crippen LogP contribution in [0.1, 0.15) is 22.9 Å². The van der Waals surface area contributed by atoms with Crippen molar-refractivity contribution in [2.75, 3.05) is 0 Å². The standard InChI is InChI=1S/C15H20N2O2S2/c1-12(9-15-3-2-8-20-15)17-21(18,19)11-14-6-4-13(10-16)5-7-14/h2-8,12,17H,9-11,16H2,1H3. The van der Waals surface area contributed by atoms with Crippen molar-refractivity contribution in [2.45, 2.75) is 31.7 Å². The predicted molar refractivity (Wildman–Crippen MR) is 87.6 cm³/mol. The zero-order chi connectivity index (χ0) is 15.3. The van der Waals surface area contributed by atoms with Gasteiger partial charge >= 0.3 is 0 Å². The Bertz CT molecular complexity index is 649. The maximum Gasteiger partial charge on any atom is 0.216 e. The van der Waals surface area contributed by atoms with Gasteiger partial charge in [-0.2, -0.15) is 0 Å². The Kier molecular flexibility index (Phi) is 5.52. The second-order valence-corrected chi connectivity index (χ2v) is 7.87. The summed E-state index contributed by atoms with van der Waals surface area (Å²) in [6.45, 7) is 2.35. The molecule has 2 aromatic rings. The van der Waals surface area contributed by atoms with Gasteiger partial charge < -0.3 is 5.73 Å². The number of nitrogens with two attached hydrogens (primary N) is 1. The Morgan fingerprint density at radius 3 is 2.43 bits per heavy atom. The minimum Gasteiger partial charge on any atom is -0.326 e. The fraction of sp³-hybridized carbons (Fsp3) is 0.333. The highest BCUT2D eigenvalue weighted by Crippen LogP contribution is 2.12. The van der Waals surface area contributed by atoms with E-state index in [-0.39, 0.29) is 11.8 Å². The summed E-state index contributed by atoms with van der Waals surface area (Å²) in [5.74, 6) is -0.00731. The van der Waals surface area contributed by atoms with Gasteiger partial charge in [-0.05, 0) is 35.9 Å². The third-order valence-corrected chi connectivity index (χ3v) is 5.46. The molecule has 2 rings (SSSR count). The molecule has 0 bridgehead atoms. The molecule has 0 spiro atoms. The Morgan fingerprint density at radius 2 is 1.86 bits per heavy atom. The van der Waals surface area contributed by atoms with Gasteiger partial charge in [-0.25, -0.2) is 13.1 Å². The van der Waals surface area contributed by atoms with Crippen LogP contribution in [0.15, 0.2) is 41.8 Å². The largest absolute Gasteiger partial charge is 0.326 e. The van der Waals surface area contributed by atoms with Gasteiger partial charge in [0.2, 0.25) is 10.0 Å². The van der Waals surface area contributed by atoms with Gasteiger partial charge in [0, 0.05) is 17.5 Å². The Balaban J connectivity index is 1.94. The van der Waals surface area contributed by atoms with E-state index >= 15 is 0 Å². The molecule has 1 unspecified atom stereocenters. The molecule has 0 aliphatic heterocycles. The monoisotopic (exact) mass is 324 g/mol. The zero-order valence-corrected chi connectivity index (χ0v) is 13.6. The Labute approximate surface area is 130 Å². The lowest BCUT2D eigenvalue weighted by Crippen LogP contribution is -2.34. The number of hydrogen-bond donors (Lipinski definition) is 2. The summed E-state index contributed by atoms with van der Waals surface area (Å²) in [5, 5.41) is 2.00. The van der Waals surface area contributed by atoms with Gasteiger partial charge in [0.05, 0.1) is 5.75 Å². The van der Waals surface area contributed by atoms with Gasteiger partial charge in [0.1, 0.15) is 0 Å². The molecule has 0 aliphatic rings. The molecule has 0 fully saturated rings.